The lowest BCUT2D eigenvalue weighted by Crippen LogP contribution is -2.49. The van der Waals surface area contributed by atoms with Crippen LogP contribution in [-0.4, -0.2) is 51.4 Å². The first-order valence-corrected chi connectivity index (χ1v) is 14.1. The van der Waals surface area contributed by atoms with Gasteiger partial charge in [-0.25, -0.2) is 0 Å². The van der Waals surface area contributed by atoms with Gasteiger partial charge in [-0.3, -0.25) is 9.69 Å². The molecule has 2 fully saturated rings. The summed E-state index contributed by atoms with van der Waals surface area (Å²) >= 11 is 0. The van der Waals surface area contributed by atoms with E-state index in [1.54, 1.807) is 18.5 Å². The fourth-order valence-electron chi connectivity index (χ4n) is 7.04. The summed E-state index contributed by atoms with van der Waals surface area (Å²) < 4.78 is 50.4. The minimum atomic E-state index is -4.59. The van der Waals surface area contributed by atoms with Crippen LogP contribution in [0.25, 0.3) is 0 Å². The fourth-order valence-corrected chi connectivity index (χ4v) is 7.04. The summed E-state index contributed by atoms with van der Waals surface area (Å²) in [4.78, 5) is 17.2. The van der Waals surface area contributed by atoms with Crippen molar-refractivity contribution in [2.75, 3.05) is 24.6 Å². The highest BCUT2D eigenvalue weighted by molar-refractivity contribution is 6.10. The number of hydrogen-bond donors (Lipinski definition) is 0. The van der Waals surface area contributed by atoms with Crippen molar-refractivity contribution < 1.29 is 22.7 Å². The van der Waals surface area contributed by atoms with Crippen molar-refractivity contribution >= 4 is 11.6 Å². The average molecular weight is 579 g/mol. The number of aromatic nitrogens is 3. The van der Waals surface area contributed by atoms with Crippen LogP contribution in [0, 0.1) is 16.7 Å². The molecule has 1 aliphatic carbocycles. The second-order valence-corrected chi connectivity index (χ2v) is 12.4. The highest BCUT2D eigenvalue weighted by Crippen LogP contribution is 2.57. The summed E-state index contributed by atoms with van der Waals surface area (Å²) in [5, 5.41) is 18.0. The van der Waals surface area contributed by atoms with Crippen LogP contribution in [0.1, 0.15) is 65.1 Å². The molecule has 1 atom stereocenters. The van der Waals surface area contributed by atoms with Gasteiger partial charge in [-0.15, -0.1) is 10.2 Å². The van der Waals surface area contributed by atoms with Gasteiger partial charge < -0.3 is 14.2 Å². The van der Waals surface area contributed by atoms with Crippen molar-refractivity contribution in [1.82, 2.24) is 19.7 Å². The van der Waals surface area contributed by atoms with E-state index in [-0.39, 0.29) is 23.8 Å². The molecule has 0 bridgehead atoms. The van der Waals surface area contributed by atoms with Gasteiger partial charge in [-0.2, -0.15) is 18.4 Å². The van der Waals surface area contributed by atoms with Crippen LogP contribution in [0.4, 0.5) is 18.9 Å². The van der Waals surface area contributed by atoms with Crippen LogP contribution in [0.3, 0.4) is 0 Å². The van der Waals surface area contributed by atoms with E-state index in [0.717, 1.165) is 11.4 Å². The lowest BCUT2D eigenvalue weighted by atomic mass is 9.50. The van der Waals surface area contributed by atoms with Gasteiger partial charge in [0.2, 0.25) is 0 Å². The van der Waals surface area contributed by atoms with Crippen molar-refractivity contribution in [3.8, 4) is 6.07 Å². The quantitative estimate of drug-likeness (QED) is 0.408. The predicted octanol–water partition coefficient (Wildman–Crippen LogP) is 5.02. The van der Waals surface area contributed by atoms with Gasteiger partial charge in [0.15, 0.2) is 0 Å². The van der Waals surface area contributed by atoms with E-state index in [9.17, 15) is 23.2 Å². The highest BCUT2D eigenvalue weighted by Gasteiger charge is 2.54. The minimum Gasteiger partial charge on any atom is -0.376 e. The molecule has 0 N–H and O–H groups in total. The van der Waals surface area contributed by atoms with Gasteiger partial charge in [-0.05, 0) is 67.6 Å². The van der Waals surface area contributed by atoms with Gasteiger partial charge in [-0.1, -0.05) is 12.1 Å². The maximum Gasteiger partial charge on any atom is 0.416 e. The van der Waals surface area contributed by atoms with Gasteiger partial charge in [0, 0.05) is 49.8 Å². The molecule has 3 aromatic rings. The van der Waals surface area contributed by atoms with E-state index in [0.29, 0.717) is 56.8 Å². The molecule has 6 rings (SSSR count). The van der Waals surface area contributed by atoms with Gasteiger partial charge >= 0.3 is 6.18 Å². The Morgan fingerprint density at radius 1 is 1.21 bits per heavy atom. The van der Waals surface area contributed by atoms with Gasteiger partial charge in [0.25, 0.3) is 5.91 Å². The van der Waals surface area contributed by atoms with Crippen molar-refractivity contribution in [3.05, 3.63) is 76.4 Å². The van der Waals surface area contributed by atoms with Crippen molar-refractivity contribution in [2.24, 2.45) is 12.5 Å². The fraction of sp³-hybridized carbons (Fsp3) is 0.484. The van der Waals surface area contributed by atoms with Gasteiger partial charge in [0.05, 0.1) is 36.3 Å². The van der Waals surface area contributed by atoms with E-state index in [1.807, 2.05) is 43.7 Å². The number of fused-ring (bicyclic) bond motifs is 1. The Balaban J connectivity index is 1.33. The zero-order chi connectivity index (χ0) is 29.9. The number of aryl methyl sites for hydroxylation is 1. The standard InChI is InChI=1S/C31H33F3N6O2/c1-20-13-39(7-8-42-20)14-21-9-24-25(26(10-21)31(32,33)34)15-40(28(24)41)23-6-4-5-22(11-23)30(16-29(2,17-30)18-35)12-27-37-36-19-38(27)3/h4-6,9-11,19-20H,7-8,12-17H2,1-3H3/t20-,29-,30-/m1/s1. The molecule has 1 saturated heterocycles. The second kappa shape index (κ2) is 10.2. The monoisotopic (exact) mass is 578 g/mol. The zero-order valence-corrected chi connectivity index (χ0v) is 23.9. The lowest BCUT2D eigenvalue weighted by Gasteiger charge is -2.51. The number of halogens is 3. The number of ether oxygens (including phenoxy) is 1. The Morgan fingerprint density at radius 2 is 2.00 bits per heavy atom. The van der Waals surface area contributed by atoms with Crippen molar-refractivity contribution in [1.29, 1.82) is 5.26 Å². The molecule has 3 aliphatic rings. The van der Waals surface area contributed by atoms with E-state index >= 15 is 0 Å². The van der Waals surface area contributed by atoms with Gasteiger partial charge in [0.1, 0.15) is 12.2 Å². The molecule has 8 nitrogen and oxygen atoms in total. The summed E-state index contributed by atoms with van der Waals surface area (Å²) in [5.41, 5.74) is 0.373. The molecule has 3 heterocycles. The predicted molar refractivity (Wildman–Crippen MR) is 148 cm³/mol. The highest BCUT2D eigenvalue weighted by atomic mass is 19.4. The van der Waals surface area contributed by atoms with Crippen molar-refractivity contribution in [3.63, 3.8) is 0 Å². The third-order valence-corrected chi connectivity index (χ3v) is 8.94. The van der Waals surface area contributed by atoms with E-state index in [1.165, 1.54) is 11.0 Å². The van der Waals surface area contributed by atoms with E-state index < -0.39 is 28.5 Å². The Labute approximate surface area is 242 Å². The molecule has 11 heteroatoms. The molecule has 1 amide bonds. The van der Waals surface area contributed by atoms with Crippen LogP contribution in [0.15, 0.2) is 42.7 Å². The smallest absolute Gasteiger partial charge is 0.376 e. The molecule has 0 radical (unpaired) electrons. The molecule has 220 valence electrons. The number of nitrogens with zero attached hydrogens (tertiary/aromatic N) is 6. The minimum absolute atomic E-state index is 0.00156. The first-order valence-electron chi connectivity index (χ1n) is 14.1. The number of benzene rings is 2. The van der Waals surface area contributed by atoms with Crippen LogP contribution in [0.2, 0.25) is 0 Å². The second-order valence-electron chi connectivity index (χ2n) is 12.4. The third-order valence-electron chi connectivity index (χ3n) is 8.94. The maximum absolute atomic E-state index is 14.3. The Morgan fingerprint density at radius 3 is 2.67 bits per heavy atom. The number of morpholine rings is 1. The molecule has 0 spiro atoms. The number of amides is 1. The number of alkyl halides is 3. The third kappa shape index (κ3) is 5.07. The molecule has 42 heavy (non-hydrogen) atoms. The van der Waals surface area contributed by atoms with E-state index in [2.05, 4.69) is 21.2 Å². The zero-order valence-electron chi connectivity index (χ0n) is 23.9. The lowest BCUT2D eigenvalue weighted by molar-refractivity contribution is -0.138. The largest absolute Gasteiger partial charge is 0.416 e. The molecule has 2 aromatic carbocycles. The molecular weight excluding hydrogens is 545 g/mol. The SMILES string of the molecule is C[C@@H]1CN(Cc2cc3c(c(C(F)(F)F)c2)CN(c2cccc([C@]4(Cc5nncn5C)C[C@@](C)(C#N)C4)c2)C3=O)CCO1. The Hall–Kier alpha value is -3.75. The summed E-state index contributed by atoms with van der Waals surface area (Å²) in [6.07, 6.45) is -1.21. The number of hydrogen-bond acceptors (Lipinski definition) is 6. The summed E-state index contributed by atoms with van der Waals surface area (Å²) in [7, 11) is 1.87. The van der Waals surface area contributed by atoms with Crippen LogP contribution in [0.5, 0.6) is 0 Å². The molecular formula is C31H33F3N6O2. The topological polar surface area (TPSA) is 87.3 Å². The Bertz CT molecular complexity index is 1570. The van der Waals surface area contributed by atoms with Crippen LogP contribution < -0.4 is 4.90 Å². The number of carbonyl (C=O) groups is 1. The van der Waals surface area contributed by atoms with Crippen molar-refractivity contribution in [2.45, 2.75) is 63.9 Å². The van der Waals surface area contributed by atoms with Crippen LogP contribution >= 0.6 is 0 Å². The summed E-state index contributed by atoms with van der Waals surface area (Å²) in [5.74, 6) is 0.338. The van der Waals surface area contributed by atoms with Crippen LogP contribution in [-0.2, 0) is 42.9 Å². The number of nitriles is 1. The number of carbonyl (C=O) groups excluding carboxylic acids is 1. The maximum atomic E-state index is 14.3. The first kappa shape index (κ1) is 28.4. The first-order chi connectivity index (χ1) is 19.9. The van der Waals surface area contributed by atoms with E-state index in [4.69, 9.17) is 4.74 Å². The molecule has 2 aliphatic heterocycles. The number of rotatable bonds is 6. The normalized spacial score (nSPS) is 26.2. The molecule has 1 aromatic heterocycles. The summed E-state index contributed by atoms with van der Waals surface area (Å²) in [6, 6.07) is 12.7. The molecule has 1 saturated carbocycles. The number of anilines is 1. The molecule has 0 unspecified atom stereocenters. The summed E-state index contributed by atoms with van der Waals surface area (Å²) in [6.45, 7) is 5.78. The average Bonchev–Trinajstić information content (AvgIpc) is 3.48. The Kier molecular flexibility index (Phi) is 6.90.